The van der Waals surface area contributed by atoms with Crippen LogP contribution in [-0.2, 0) is 9.53 Å². The van der Waals surface area contributed by atoms with E-state index in [-0.39, 0.29) is 5.91 Å². The minimum absolute atomic E-state index is 0.0295. The van der Waals surface area contributed by atoms with Crippen LogP contribution in [0.5, 0.6) is 0 Å². The molecule has 2 aliphatic heterocycles. The quantitative estimate of drug-likeness (QED) is 0.553. The number of nitrogens with one attached hydrogen (secondary N) is 2. The lowest BCUT2D eigenvalue weighted by molar-refractivity contribution is -0.123. The number of aliphatic hydroxyl groups is 1. The molecule has 5 heteroatoms. The van der Waals surface area contributed by atoms with Gasteiger partial charge in [-0.05, 0) is 19.0 Å². The molecular weight excluding hydrogens is 196 g/mol. The highest BCUT2D eigenvalue weighted by Gasteiger charge is 2.32. The smallest absolute Gasteiger partial charge is 0.220 e. The maximum absolute atomic E-state index is 11.5. The van der Waals surface area contributed by atoms with Gasteiger partial charge in [-0.1, -0.05) is 0 Å². The molecule has 0 aromatic rings. The summed E-state index contributed by atoms with van der Waals surface area (Å²) in [6.07, 6.45) is 1.17. The fraction of sp³-hybridized carbons (Fsp3) is 0.900. The van der Waals surface area contributed by atoms with Crippen molar-refractivity contribution in [2.45, 2.75) is 18.4 Å². The minimum Gasteiger partial charge on any atom is -0.386 e. The van der Waals surface area contributed by atoms with E-state index < -0.39 is 5.60 Å². The Morgan fingerprint density at radius 2 is 2.40 bits per heavy atom. The van der Waals surface area contributed by atoms with E-state index in [2.05, 4.69) is 10.6 Å². The number of ether oxygens (including phenoxy) is 1. The first kappa shape index (κ1) is 10.9. The molecule has 0 radical (unpaired) electrons. The molecule has 0 spiro atoms. The van der Waals surface area contributed by atoms with Crippen LogP contribution >= 0.6 is 0 Å². The number of hydrogen-bond donors (Lipinski definition) is 3. The Bertz CT molecular complexity index is 235. The van der Waals surface area contributed by atoms with Gasteiger partial charge in [0.25, 0.3) is 0 Å². The molecule has 15 heavy (non-hydrogen) atoms. The van der Waals surface area contributed by atoms with Gasteiger partial charge in [-0.2, -0.15) is 0 Å². The van der Waals surface area contributed by atoms with Gasteiger partial charge in [-0.15, -0.1) is 0 Å². The van der Waals surface area contributed by atoms with Crippen LogP contribution in [0.15, 0.2) is 0 Å². The Morgan fingerprint density at radius 3 is 2.93 bits per heavy atom. The van der Waals surface area contributed by atoms with Crippen LogP contribution in [0.25, 0.3) is 0 Å². The van der Waals surface area contributed by atoms with E-state index in [0.29, 0.717) is 38.5 Å². The van der Waals surface area contributed by atoms with Gasteiger partial charge in [0.05, 0.1) is 6.61 Å². The molecule has 2 heterocycles. The van der Waals surface area contributed by atoms with E-state index in [4.69, 9.17) is 4.74 Å². The molecule has 2 saturated heterocycles. The van der Waals surface area contributed by atoms with E-state index in [9.17, 15) is 9.90 Å². The summed E-state index contributed by atoms with van der Waals surface area (Å²) in [5.74, 6) is 0.501. The third-order valence-corrected chi connectivity index (χ3v) is 3.04. The molecule has 0 bridgehead atoms. The van der Waals surface area contributed by atoms with E-state index in [1.807, 2.05) is 0 Å². The molecule has 0 aromatic heterocycles. The molecule has 1 atom stereocenters. The summed E-state index contributed by atoms with van der Waals surface area (Å²) in [5, 5.41) is 15.8. The van der Waals surface area contributed by atoms with Gasteiger partial charge in [0.2, 0.25) is 5.91 Å². The standard InChI is InChI=1S/C10H18N2O3/c13-9(3-8-4-11-5-8)12-6-10(14)1-2-15-7-10/h8,11,14H,1-7H2,(H,12,13). The molecule has 86 valence electrons. The van der Waals surface area contributed by atoms with Crippen LogP contribution < -0.4 is 10.6 Å². The number of rotatable bonds is 4. The highest BCUT2D eigenvalue weighted by molar-refractivity contribution is 5.76. The third kappa shape index (κ3) is 2.90. The molecule has 0 aromatic carbocycles. The summed E-state index contributed by atoms with van der Waals surface area (Å²) in [7, 11) is 0. The first-order chi connectivity index (χ1) is 7.18. The molecule has 0 saturated carbocycles. The van der Waals surface area contributed by atoms with Crippen LogP contribution in [0.4, 0.5) is 0 Å². The average Bonchev–Trinajstić information content (AvgIpc) is 2.57. The highest BCUT2D eigenvalue weighted by Crippen LogP contribution is 2.17. The van der Waals surface area contributed by atoms with Crippen molar-refractivity contribution in [2.24, 2.45) is 5.92 Å². The summed E-state index contributed by atoms with van der Waals surface area (Å²) < 4.78 is 5.09. The fourth-order valence-corrected chi connectivity index (χ4v) is 1.83. The second-order valence-corrected chi connectivity index (χ2v) is 4.53. The molecule has 5 nitrogen and oxygen atoms in total. The number of hydrogen-bond acceptors (Lipinski definition) is 4. The summed E-state index contributed by atoms with van der Waals surface area (Å²) in [6, 6.07) is 0. The zero-order valence-electron chi connectivity index (χ0n) is 8.79. The highest BCUT2D eigenvalue weighted by atomic mass is 16.5. The van der Waals surface area contributed by atoms with Crippen molar-refractivity contribution in [1.82, 2.24) is 10.6 Å². The van der Waals surface area contributed by atoms with Gasteiger partial charge >= 0.3 is 0 Å². The molecular formula is C10H18N2O3. The van der Waals surface area contributed by atoms with Crippen LogP contribution in [-0.4, -0.2) is 49.5 Å². The van der Waals surface area contributed by atoms with E-state index >= 15 is 0 Å². The minimum atomic E-state index is -0.840. The van der Waals surface area contributed by atoms with Crippen molar-refractivity contribution in [3.8, 4) is 0 Å². The van der Waals surface area contributed by atoms with Gasteiger partial charge in [0, 0.05) is 26.0 Å². The van der Waals surface area contributed by atoms with Gasteiger partial charge in [0.1, 0.15) is 5.60 Å². The molecule has 1 unspecified atom stereocenters. The normalized spacial score (nSPS) is 31.3. The Hall–Kier alpha value is -0.650. The van der Waals surface area contributed by atoms with Crippen molar-refractivity contribution in [3.63, 3.8) is 0 Å². The van der Waals surface area contributed by atoms with Crippen molar-refractivity contribution in [1.29, 1.82) is 0 Å². The van der Waals surface area contributed by atoms with Gasteiger partial charge in [-0.3, -0.25) is 4.79 Å². The van der Waals surface area contributed by atoms with Gasteiger partial charge in [0.15, 0.2) is 0 Å². The van der Waals surface area contributed by atoms with E-state index in [1.165, 1.54) is 0 Å². The van der Waals surface area contributed by atoms with Crippen LogP contribution in [0, 0.1) is 5.92 Å². The van der Waals surface area contributed by atoms with Crippen LogP contribution in [0.2, 0.25) is 0 Å². The maximum Gasteiger partial charge on any atom is 0.220 e. The number of carbonyl (C=O) groups excluding carboxylic acids is 1. The predicted molar refractivity (Wildman–Crippen MR) is 54.4 cm³/mol. The van der Waals surface area contributed by atoms with Crippen molar-refractivity contribution in [2.75, 3.05) is 32.8 Å². The van der Waals surface area contributed by atoms with Crippen LogP contribution in [0.3, 0.4) is 0 Å². The average molecular weight is 214 g/mol. The second kappa shape index (κ2) is 4.47. The molecule has 2 rings (SSSR count). The molecule has 1 amide bonds. The van der Waals surface area contributed by atoms with E-state index in [1.54, 1.807) is 0 Å². The first-order valence-electron chi connectivity index (χ1n) is 5.45. The SMILES string of the molecule is O=C(CC1CNC1)NCC1(O)CCOC1. The topological polar surface area (TPSA) is 70.6 Å². The van der Waals surface area contributed by atoms with E-state index in [0.717, 1.165) is 13.1 Å². The van der Waals surface area contributed by atoms with Crippen LogP contribution in [0.1, 0.15) is 12.8 Å². The summed E-state index contributed by atoms with van der Waals surface area (Å²) in [6.45, 7) is 3.09. The second-order valence-electron chi connectivity index (χ2n) is 4.53. The third-order valence-electron chi connectivity index (χ3n) is 3.04. The Morgan fingerprint density at radius 1 is 1.60 bits per heavy atom. The molecule has 3 N–H and O–H groups in total. The largest absolute Gasteiger partial charge is 0.386 e. The van der Waals surface area contributed by atoms with Crippen molar-refractivity contribution >= 4 is 5.91 Å². The fourth-order valence-electron chi connectivity index (χ4n) is 1.83. The van der Waals surface area contributed by atoms with Crippen molar-refractivity contribution < 1.29 is 14.6 Å². The predicted octanol–water partition coefficient (Wildman–Crippen LogP) is -1.14. The number of carbonyl (C=O) groups is 1. The lowest BCUT2D eigenvalue weighted by atomic mass is 9.98. The zero-order chi connectivity index (χ0) is 10.7. The monoisotopic (exact) mass is 214 g/mol. The Labute approximate surface area is 89.2 Å². The summed E-state index contributed by atoms with van der Waals surface area (Å²) >= 11 is 0. The molecule has 2 fully saturated rings. The summed E-state index contributed by atoms with van der Waals surface area (Å²) in [5.41, 5.74) is -0.840. The Balaban J connectivity index is 1.65. The molecule has 0 aliphatic carbocycles. The maximum atomic E-state index is 11.5. The zero-order valence-corrected chi connectivity index (χ0v) is 8.79. The molecule has 2 aliphatic rings. The lowest BCUT2D eigenvalue weighted by Crippen LogP contribution is -2.47. The number of amides is 1. The summed E-state index contributed by atoms with van der Waals surface area (Å²) in [4.78, 5) is 11.5. The Kier molecular flexibility index (Phi) is 3.23. The lowest BCUT2D eigenvalue weighted by Gasteiger charge is -2.27. The van der Waals surface area contributed by atoms with Gasteiger partial charge < -0.3 is 20.5 Å². The first-order valence-corrected chi connectivity index (χ1v) is 5.45. The van der Waals surface area contributed by atoms with Gasteiger partial charge in [-0.25, -0.2) is 0 Å². The van der Waals surface area contributed by atoms with Crippen molar-refractivity contribution in [3.05, 3.63) is 0 Å².